The fourth-order valence-corrected chi connectivity index (χ4v) is 5.54. The zero-order chi connectivity index (χ0) is 37.8. The highest BCUT2D eigenvalue weighted by Crippen LogP contribution is 2.14. The highest BCUT2D eigenvalue weighted by Gasteiger charge is 2.15. The molecular weight excluding hydrogens is 645 g/mol. The summed E-state index contributed by atoms with van der Waals surface area (Å²) in [7, 11) is 0. The van der Waals surface area contributed by atoms with E-state index in [9.17, 15) is 14.7 Å². The van der Waals surface area contributed by atoms with E-state index in [0.29, 0.717) is 12.8 Å². The standard InChI is InChI=1S/C47H78O5/c1-3-5-7-9-11-13-15-17-19-20-21-22-23-24-25-26-28-30-32-34-36-38-40-42-47(50)52-45(43-48)44-51-46(49)41-39-37-35-33-31-29-27-18-16-14-12-10-8-6-4-2/h5,7,11,13,17,19,21-22,24-25,28,30,34,36,45,48H,3-4,6,8-10,12,14-16,18,20,23,26-27,29,31-33,35,37-44H2,1-2H3/b7-5-,13-11-,19-17-,22-21-,25-24-,30-28-,36-34-. The van der Waals surface area contributed by atoms with Crippen molar-refractivity contribution in [1.82, 2.24) is 0 Å². The van der Waals surface area contributed by atoms with Gasteiger partial charge >= 0.3 is 11.9 Å². The predicted octanol–water partition coefficient (Wildman–Crippen LogP) is 13.5. The first-order valence-electron chi connectivity index (χ1n) is 21.1. The monoisotopic (exact) mass is 723 g/mol. The summed E-state index contributed by atoms with van der Waals surface area (Å²) in [4.78, 5) is 24.3. The Labute approximate surface area is 320 Å². The van der Waals surface area contributed by atoms with Gasteiger partial charge in [-0.25, -0.2) is 0 Å². The second-order valence-corrected chi connectivity index (χ2v) is 13.7. The molecule has 0 bridgehead atoms. The van der Waals surface area contributed by atoms with Crippen LogP contribution in [0, 0.1) is 0 Å². The van der Waals surface area contributed by atoms with Crippen LogP contribution < -0.4 is 0 Å². The summed E-state index contributed by atoms with van der Waals surface area (Å²) >= 11 is 0. The molecule has 0 aromatic heterocycles. The molecule has 52 heavy (non-hydrogen) atoms. The number of unbranched alkanes of at least 4 members (excludes halogenated alkanes) is 15. The summed E-state index contributed by atoms with van der Waals surface area (Å²) in [5, 5.41) is 9.56. The van der Waals surface area contributed by atoms with Crippen LogP contribution in [0.1, 0.15) is 181 Å². The Kier molecular flexibility index (Phi) is 40.1. The Hall–Kier alpha value is -2.92. The van der Waals surface area contributed by atoms with E-state index in [1.807, 2.05) is 0 Å². The zero-order valence-electron chi connectivity index (χ0n) is 33.5. The summed E-state index contributed by atoms with van der Waals surface area (Å²) in [6.07, 6.45) is 57.9. The van der Waals surface area contributed by atoms with Crippen molar-refractivity contribution in [3.63, 3.8) is 0 Å². The molecule has 0 spiro atoms. The van der Waals surface area contributed by atoms with Crippen LogP contribution in [-0.2, 0) is 19.1 Å². The van der Waals surface area contributed by atoms with Gasteiger partial charge in [-0.3, -0.25) is 9.59 Å². The first-order chi connectivity index (χ1) is 25.6. The van der Waals surface area contributed by atoms with Gasteiger partial charge < -0.3 is 14.6 Å². The first kappa shape index (κ1) is 49.1. The van der Waals surface area contributed by atoms with Crippen LogP contribution >= 0.6 is 0 Å². The quantitative estimate of drug-likeness (QED) is 0.0393. The van der Waals surface area contributed by atoms with Crippen LogP contribution in [0.5, 0.6) is 0 Å². The lowest BCUT2D eigenvalue weighted by Crippen LogP contribution is -2.28. The molecule has 1 unspecified atom stereocenters. The number of carbonyl (C=O) groups is 2. The van der Waals surface area contributed by atoms with E-state index in [0.717, 1.165) is 70.6 Å². The van der Waals surface area contributed by atoms with Crippen LogP contribution in [-0.4, -0.2) is 36.4 Å². The predicted molar refractivity (Wildman–Crippen MR) is 223 cm³/mol. The zero-order valence-corrected chi connectivity index (χ0v) is 33.5. The van der Waals surface area contributed by atoms with Crippen LogP contribution in [0.3, 0.4) is 0 Å². The number of esters is 2. The summed E-state index contributed by atoms with van der Waals surface area (Å²) in [5.41, 5.74) is 0. The molecule has 296 valence electrons. The topological polar surface area (TPSA) is 72.8 Å². The van der Waals surface area contributed by atoms with Gasteiger partial charge in [-0.05, 0) is 64.2 Å². The summed E-state index contributed by atoms with van der Waals surface area (Å²) < 4.78 is 10.6. The number of carbonyl (C=O) groups excluding carboxylic acids is 2. The van der Waals surface area contributed by atoms with Crippen molar-refractivity contribution < 1.29 is 24.2 Å². The minimum atomic E-state index is -0.804. The van der Waals surface area contributed by atoms with Gasteiger partial charge in [0.15, 0.2) is 6.10 Å². The molecule has 5 nitrogen and oxygen atoms in total. The molecule has 0 amide bonds. The van der Waals surface area contributed by atoms with Gasteiger partial charge in [0.1, 0.15) is 6.61 Å². The number of hydrogen-bond acceptors (Lipinski definition) is 5. The minimum Gasteiger partial charge on any atom is -0.462 e. The van der Waals surface area contributed by atoms with Crippen molar-refractivity contribution in [2.24, 2.45) is 0 Å². The van der Waals surface area contributed by atoms with Crippen LogP contribution in [0.2, 0.25) is 0 Å². The molecule has 0 aliphatic carbocycles. The third-order valence-electron chi connectivity index (χ3n) is 8.70. The normalized spacial score (nSPS) is 13.1. The van der Waals surface area contributed by atoms with Crippen LogP contribution in [0.25, 0.3) is 0 Å². The van der Waals surface area contributed by atoms with Gasteiger partial charge in [0, 0.05) is 12.8 Å². The smallest absolute Gasteiger partial charge is 0.306 e. The van der Waals surface area contributed by atoms with Crippen molar-refractivity contribution in [2.45, 2.75) is 187 Å². The third-order valence-corrected chi connectivity index (χ3v) is 8.70. The summed E-state index contributed by atoms with van der Waals surface area (Å²) in [6, 6.07) is 0. The Morgan fingerprint density at radius 1 is 0.462 bits per heavy atom. The average Bonchev–Trinajstić information content (AvgIpc) is 3.15. The molecule has 0 rings (SSSR count). The number of aliphatic hydroxyl groups is 1. The molecule has 0 aromatic rings. The maximum Gasteiger partial charge on any atom is 0.306 e. The molecule has 5 heteroatoms. The van der Waals surface area contributed by atoms with Crippen molar-refractivity contribution in [3.05, 3.63) is 85.1 Å². The lowest BCUT2D eigenvalue weighted by atomic mass is 10.0. The van der Waals surface area contributed by atoms with Crippen molar-refractivity contribution in [2.75, 3.05) is 13.2 Å². The van der Waals surface area contributed by atoms with Gasteiger partial charge in [-0.1, -0.05) is 189 Å². The molecule has 0 aromatic carbocycles. The third kappa shape index (κ3) is 39.9. The lowest BCUT2D eigenvalue weighted by Gasteiger charge is -2.15. The number of allylic oxidation sites excluding steroid dienone is 14. The van der Waals surface area contributed by atoms with E-state index < -0.39 is 6.10 Å². The molecular formula is C47H78O5. The van der Waals surface area contributed by atoms with Gasteiger partial charge in [0.25, 0.3) is 0 Å². The lowest BCUT2D eigenvalue weighted by molar-refractivity contribution is -0.161. The molecule has 1 N–H and O–H groups in total. The molecule has 0 saturated carbocycles. The number of aliphatic hydroxyl groups excluding tert-OH is 1. The second-order valence-electron chi connectivity index (χ2n) is 13.7. The number of rotatable bonds is 37. The Balaban J connectivity index is 3.70. The Morgan fingerprint density at radius 3 is 1.23 bits per heavy atom. The molecule has 1 atom stereocenters. The SMILES string of the molecule is CC/C=C\C/C=C\C/C=C\C/C=C\C/C=C\C/C=C\C/C=C\CCCC(=O)OC(CO)COC(=O)CCCCCCCCCCCCCCCCC. The van der Waals surface area contributed by atoms with Gasteiger partial charge in [0.2, 0.25) is 0 Å². The van der Waals surface area contributed by atoms with E-state index in [4.69, 9.17) is 9.47 Å². The highest BCUT2D eigenvalue weighted by atomic mass is 16.6. The Morgan fingerprint density at radius 2 is 0.827 bits per heavy atom. The molecule has 0 saturated heterocycles. The number of ether oxygens (including phenoxy) is 2. The van der Waals surface area contributed by atoms with Crippen molar-refractivity contribution in [1.29, 1.82) is 0 Å². The largest absolute Gasteiger partial charge is 0.462 e. The van der Waals surface area contributed by atoms with Gasteiger partial charge in [-0.15, -0.1) is 0 Å². The summed E-state index contributed by atoms with van der Waals surface area (Å²) in [5.74, 6) is -0.663. The minimum absolute atomic E-state index is 0.0916. The fourth-order valence-electron chi connectivity index (χ4n) is 5.54. The molecule has 0 fully saturated rings. The number of hydrogen-bond donors (Lipinski definition) is 1. The van der Waals surface area contributed by atoms with E-state index in [1.165, 1.54) is 77.0 Å². The van der Waals surface area contributed by atoms with Crippen LogP contribution in [0.4, 0.5) is 0 Å². The fraction of sp³-hybridized carbons (Fsp3) is 0.660. The summed E-state index contributed by atoms with van der Waals surface area (Å²) in [6.45, 7) is 3.97. The van der Waals surface area contributed by atoms with Gasteiger partial charge in [0.05, 0.1) is 6.61 Å². The second kappa shape index (κ2) is 42.5. The molecule has 0 aliphatic heterocycles. The maximum absolute atomic E-state index is 12.2. The molecule has 0 radical (unpaired) electrons. The van der Waals surface area contributed by atoms with Crippen molar-refractivity contribution >= 4 is 11.9 Å². The van der Waals surface area contributed by atoms with Crippen molar-refractivity contribution in [3.8, 4) is 0 Å². The Bertz CT molecular complexity index is 999. The van der Waals surface area contributed by atoms with E-state index in [-0.39, 0.29) is 31.6 Å². The van der Waals surface area contributed by atoms with E-state index in [2.05, 4.69) is 98.9 Å². The van der Waals surface area contributed by atoms with E-state index in [1.54, 1.807) is 0 Å². The molecule has 0 heterocycles. The van der Waals surface area contributed by atoms with E-state index >= 15 is 0 Å². The van der Waals surface area contributed by atoms with Crippen LogP contribution in [0.15, 0.2) is 85.1 Å². The average molecular weight is 723 g/mol. The maximum atomic E-state index is 12.2. The van der Waals surface area contributed by atoms with Gasteiger partial charge in [-0.2, -0.15) is 0 Å². The molecule has 0 aliphatic rings. The highest BCUT2D eigenvalue weighted by molar-refractivity contribution is 5.70. The first-order valence-corrected chi connectivity index (χ1v) is 21.1.